The highest BCUT2D eigenvalue weighted by atomic mass is 32.2. The van der Waals surface area contributed by atoms with Crippen LogP contribution in [0.2, 0.25) is 0 Å². The molecule has 130 valence electrons. The lowest BCUT2D eigenvalue weighted by Crippen LogP contribution is -2.34. The number of nitrogens with one attached hydrogen (secondary N) is 2. The summed E-state index contributed by atoms with van der Waals surface area (Å²) in [6, 6.07) is 6.80. The minimum Gasteiger partial charge on any atom is -0.352 e. The first kappa shape index (κ1) is 16.8. The van der Waals surface area contributed by atoms with Gasteiger partial charge in [0.05, 0.1) is 11.5 Å². The number of sulfone groups is 1. The summed E-state index contributed by atoms with van der Waals surface area (Å²) in [5.74, 6) is 0.398. The maximum atomic E-state index is 12.3. The Kier molecular flexibility index (Phi) is 4.75. The fourth-order valence-corrected chi connectivity index (χ4v) is 4.60. The number of hydrogen-bond acceptors (Lipinski definition) is 4. The molecule has 1 aromatic carbocycles. The maximum absolute atomic E-state index is 12.3. The fourth-order valence-electron chi connectivity index (χ4n) is 3.02. The average Bonchev–Trinajstić information content (AvgIpc) is 3.00. The summed E-state index contributed by atoms with van der Waals surface area (Å²) in [7, 11) is -2.88. The summed E-state index contributed by atoms with van der Waals surface area (Å²) in [5.41, 5.74) is 1.19. The van der Waals surface area contributed by atoms with Gasteiger partial charge in [0.15, 0.2) is 0 Å². The SMILES string of the molecule is O=C(NCC1CCS(=O)(=O)CC1)c1cccc(N2CCNC2=O)c1. The number of benzene rings is 1. The molecule has 2 N–H and O–H groups in total. The van der Waals surface area contributed by atoms with E-state index in [9.17, 15) is 18.0 Å². The highest BCUT2D eigenvalue weighted by molar-refractivity contribution is 7.91. The summed E-state index contributed by atoms with van der Waals surface area (Å²) < 4.78 is 22.8. The molecular weight excluding hydrogens is 330 g/mol. The molecule has 8 heteroatoms. The van der Waals surface area contributed by atoms with Gasteiger partial charge in [0.1, 0.15) is 9.84 Å². The molecule has 2 heterocycles. The molecule has 7 nitrogen and oxygen atoms in total. The van der Waals surface area contributed by atoms with E-state index in [0.717, 1.165) is 0 Å². The summed E-state index contributed by atoms with van der Waals surface area (Å²) in [5, 5.41) is 5.60. The van der Waals surface area contributed by atoms with Crippen molar-refractivity contribution < 1.29 is 18.0 Å². The van der Waals surface area contributed by atoms with E-state index in [1.165, 1.54) is 0 Å². The Bertz CT molecular complexity index is 733. The number of urea groups is 1. The summed E-state index contributed by atoms with van der Waals surface area (Å²) in [6.07, 6.45) is 1.19. The van der Waals surface area contributed by atoms with E-state index in [0.29, 0.717) is 43.7 Å². The molecule has 2 saturated heterocycles. The Morgan fingerprint density at radius 3 is 2.71 bits per heavy atom. The van der Waals surface area contributed by atoms with Crippen LogP contribution in [0.1, 0.15) is 23.2 Å². The highest BCUT2D eigenvalue weighted by Gasteiger charge is 2.24. The monoisotopic (exact) mass is 351 g/mol. The molecule has 0 spiro atoms. The molecule has 2 aliphatic heterocycles. The van der Waals surface area contributed by atoms with Crippen molar-refractivity contribution in [3.8, 4) is 0 Å². The molecule has 0 bridgehead atoms. The fraction of sp³-hybridized carbons (Fsp3) is 0.500. The number of carbonyl (C=O) groups excluding carboxylic acids is 2. The van der Waals surface area contributed by atoms with Gasteiger partial charge in [-0.2, -0.15) is 0 Å². The van der Waals surface area contributed by atoms with E-state index in [4.69, 9.17) is 0 Å². The summed E-state index contributed by atoms with van der Waals surface area (Å²) in [6.45, 7) is 1.66. The highest BCUT2D eigenvalue weighted by Crippen LogP contribution is 2.20. The van der Waals surface area contributed by atoms with Crippen LogP contribution in [-0.4, -0.2) is 51.5 Å². The molecule has 1 aromatic rings. The third kappa shape index (κ3) is 3.87. The molecule has 3 amide bonds. The van der Waals surface area contributed by atoms with Gasteiger partial charge in [0.25, 0.3) is 5.91 Å². The van der Waals surface area contributed by atoms with Crippen LogP contribution in [-0.2, 0) is 9.84 Å². The molecule has 0 aromatic heterocycles. The number of hydrogen-bond donors (Lipinski definition) is 2. The third-order valence-electron chi connectivity index (χ3n) is 4.50. The van der Waals surface area contributed by atoms with Gasteiger partial charge in [0, 0.05) is 30.9 Å². The van der Waals surface area contributed by atoms with Gasteiger partial charge in [-0.3, -0.25) is 9.69 Å². The van der Waals surface area contributed by atoms with E-state index in [2.05, 4.69) is 10.6 Å². The molecule has 0 radical (unpaired) electrons. The Balaban J connectivity index is 1.58. The third-order valence-corrected chi connectivity index (χ3v) is 6.22. The zero-order valence-electron chi connectivity index (χ0n) is 13.3. The predicted molar refractivity (Wildman–Crippen MR) is 90.9 cm³/mol. The summed E-state index contributed by atoms with van der Waals surface area (Å²) >= 11 is 0. The Morgan fingerprint density at radius 1 is 1.29 bits per heavy atom. The molecule has 2 fully saturated rings. The van der Waals surface area contributed by atoms with E-state index in [-0.39, 0.29) is 29.4 Å². The van der Waals surface area contributed by atoms with Crippen LogP contribution in [0.4, 0.5) is 10.5 Å². The van der Waals surface area contributed by atoms with Crippen molar-refractivity contribution in [3.05, 3.63) is 29.8 Å². The van der Waals surface area contributed by atoms with E-state index < -0.39 is 9.84 Å². The van der Waals surface area contributed by atoms with Crippen molar-refractivity contribution in [2.45, 2.75) is 12.8 Å². The second kappa shape index (κ2) is 6.80. The van der Waals surface area contributed by atoms with E-state index >= 15 is 0 Å². The van der Waals surface area contributed by atoms with Crippen LogP contribution in [0, 0.1) is 5.92 Å². The standard InChI is InChI=1S/C16H21N3O4S/c20-15(18-11-12-4-8-24(22,23)9-5-12)13-2-1-3-14(10-13)19-7-6-17-16(19)21/h1-3,10,12H,4-9,11H2,(H,17,21)(H,18,20). The van der Waals surface area contributed by atoms with E-state index in [1.54, 1.807) is 29.2 Å². The van der Waals surface area contributed by atoms with Gasteiger partial charge in [-0.25, -0.2) is 13.2 Å². The molecule has 0 unspecified atom stereocenters. The Hall–Kier alpha value is -2.09. The number of nitrogens with zero attached hydrogens (tertiary/aromatic N) is 1. The van der Waals surface area contributed by atoms with Crippen molar-refractivity contribution in [3.63, 3.8) is 0 Å². The molecule has 0 atom stereocenters. The Labute approximate surface area is 141 Å². The van der Waals surface area contributed by atoms with Crippen LogP contribution < -0.4 is 15.5 Å². The molecule has 24 heavy (non-hydrogen) atoms. The lowest BCUT2D eigenvalue weighted by molar-refractivity contribution is 0.0946. The second-order valence-electron chi connectivity index (χ2n) is 6.24. The van der Waals surface area contributed by atoms with Gasteiger partial charge in [0.2, 0.25) is 0 Å². The molecule has 0 aliphatic carbocycles. The van der Waals surface area contributed by atoms with Crippen LogP contribution in [0.5, 0.6) is 0 Å². The average molecular weight is 351 g/mol. The topological polar surface area (TPSA) is 95.6 Å². The van der Waals surface area contributed by atoms with Gasteiger partial charge in [-0.15, -0.1) is 0 Å². The number of carbonyl (C=O) groups is 2. The normalized spacial score (nSPS) is 20.7. The van der Waals surface area contributed by atoms with Crippen LogP contribution in [0.25, 0.3) is 0 Å². The largest absolute Gasteiger partial charge is 0.352 e. The molecule has 2 aliphatic rings. The first-order valence-electron chi connectivity index (χ1n) is 8.09. The molecule has 0 saturated carbocycles. The van der Waals surface area contributed by atoms with Crippen molar-refractivity contribution in [1.29, 1.82) is 0 Å². The van der Waals surface area contributed by atoms with Crippen molar-refractivity contribution >= 4 is 27.5 Å². The molecule has 3 rings (SSSR count). The van der Waals surface area contributed by atoms with Crippen LogP contribution in [0.3, 0.4) is 0 Å². The van der Waals surface area contributed by atoms with Crippen LogP contribution >= 0.6 is 0 Å². The van der Waals surface area contributed by atoms with Gasteiger partial charge in [-0.05, 0) is 37.0 Å². The van der Waals surface area contributed by atoms with Crippen molar-refractivity contribution in [1.82, 2.24) is 10.6 Å². The first-order valence-corrected chi connectivity index (χ1v) is 9.91. The lowest BCUT2D eigenvalue weighted by Gasteiger charge is -2.22. The number of amides is 3. The van der Waals surface area contributed by atoms with Gasteiger partial charge in [-0.1, -0.05) is 6.07 Å². The number of anilines is 1. The Morgan fingerprint density at radius 2 is 2.04 bits per heavy atom. The molecular formula is C16H21N3O4S. The number of rotatable bonds is 4. The maximum Gasteiger partial charge on any atom is 0.321 e. The van der Waals surface area contributed by atoms with Crippen molar-refractivity contribution in [2.24, 2.45) is 5.92 Å². The first-order chi connectivity index (χ1) is 11.4. The van der Waals surface area contributed by atoms with E-state index in [1.807, 2.05) is 0 Å². The van der Waals surface area contributed by atoms with Crippen molar-refractivity contribution in [2.75, 3.05) is 36.0 Å². The lowest BCUT2D eigenvalue weighted by atomic mass is 10.0. The smallest absolute Gasteiger partial charge is 0.321 e. The summed E-state index contributed by atoms with van der Waals surface area (Å²) in [4.78, 5) is 25.6. The van der Waals surface area contributed by atoms with Crippen LogP contribution in [0.15, 0.2) is 24.3 Å². The second-order valence-corrected chi connectivity index (χ2v) is 8.54. The predicted octanol–water partition coefficient (Wildman–Crippen LogP) is 0.771. The van der Waals surface area contributed by atoms with Gasteiger partial charge < -0.3 is 10.6 Å². The minimum absolute atomic E-state index is 0.157. The van der Waals surface area contributed by atoms with Gasteiger partial charge >= 0.3 is 6.03 Å². The minimum atomic E-state index is -2.88. The zero-order valence-corrected chi connectivity index (χ0v) is 14.1. The zero-order chi connectivity index (χ0) is 17.2. The quantitative estimate of drug-likeness (QED) is 0.838.